The Bertz CT molecular complexity index is 462. The first kappa shape index (κ1) is 17.7. The number of aliphatic imine (C=N–C) groups is 1. The van der Waals surface area contributed by atoms with Crippen LogP contribution in [0.5, 0.6) is 0 Å². The number of guanidine groups is 1. The van der Waals surface area contributed by atoms with Crippen LogP contribution < -0.4 is 10.6 Å². The Morgan fingerprint density at radius 2 is 2.10 bits per heavy atom. The van der Waals surface area contributed by atoms with Gasteiger partial charge in [-0.05, 0) is 25.0 Å². The molecule has 2 N–H and O–H groups in total. The van der Waals surface area contributed by atoms with Crippen molar-refractivity contribution in [3.63, 3.8) is 0 Å². The van der Waals surface area contributed by atoms with Crippen molar-refractivity contribution in [1.29, 1.82) is 0 Å². The Labute approximate surface area is 145 Å². The number of nitrogens with zero attached hydrogens (tertiary/aromatic N) is 1. The van der Waals surface area contributed by atoms with E-state index in [1.807, 2.05) is 6.07 Å². The van der Waals surface area contributed by atoms with E-state index >= 15 is 0 Å². The molecule has 0 saturated heterocycles. The number of rotatable bonds is 3. The highest BCUT2D eigenvalue weighted by Crippen LogP contribution is 2.17. The second-order valence-electron chi connectivity index (χ2n) is 4.79. The van der Waals surface area contributed by atoms with Gasteiger partial charge in [0.15, 0.2) is 5.96 Å². The molecule has 0 spiro atoms. The van der Waals surface area contributed by atoms with Gasteiger partial charge in [-0.3, -0.25) is 4.99 Å². The van der Waals surface area contributed by atoms with E-state index in [4.69, 9.17) is 0 Å². The SMILES string of the molecule is CN=C(NCc1ccc(Br)cc1F)NC1CCCC1.I. The molecule has 1 aliphatic rings. The minimum absolute atomic E-state index is 0. The highest BCUT2D eigenvalue weighted by molar-refractivity contribution is 14.0. The molecule has 0 aromatic heterocycles. The minimum Gasteiger partial charge on any atom is -0.354 e. The molecule has 6 heteroatoms. The lowest BCUT2D eigenvalue weighted by Crippen LogP contribution is -2.42. The van der Waals surface area contributed by atoms with E-state index in [1.54, 1.807) is 13.1 Å². The van der Waals surface area contributed by atoms with Gasteiger partial charge in [0.1, 0.15) is 5.82 Å². The molecular formula is C14H20BrFIN3. The van der Waals surface area contributed by atoms with Gasteiger partial charge >= 0.3 is 0 Å². The van der Waals surface area contributed by atoms with Gasteiger partial charge in [-0.25, -0.2) is 4.39 Å². The third-order valence-electron chi connectivity index (χ3n) is 3.38. The van der Waals surface area contributed by atoms with Crippen LogP contribution in [0.15, 0.2) is 27.7 Å². The molecular weight excluding hydrogens is 436 g/mol. The third kappa shape index (κ3) is 5.20. The molecule has 0 bridgehead atoms. The zero-order chi connectivity index (χ0) is 13.7. The quantitative estimate of drug-likeness (QED) is 0.413. The van der Waals surface area contributed by atoms with Gasteiger partial charge < -0.3 is 10.6 Å². The lowest BCUT2D eigenvalue weighted by molar-refractivity contribution is 0.594. The fourth-order valence-corrected chi connectivity index (χ4v) is 2.64. The summed E-state index contributed by atoms with van der Waals surface area (Å²) in [5.74, 6) is 0.535. The van der Waals surface area contributed by atoms with Crippen molar-refractivity contribution in [2.75, 3.05) is 7.05 Å². The average molecular weight is 456 g/mol. The summed E-state index contributed by atoms with van der Waals surface area (Å²) in [7, 11) is 1.74. The molecule has 1 fully saturated rings. The van der Waals surface area contributed by atoms with Crippen LogP contribution in [0, 0.1) is 5.82 Å². The summed E-state index contributed by atoms with van der Waals surface area (Å²) in [5.41, 5.74) is 0.637. The first-order valence-electron chi connectivity index (χ1n) is 6.60. The van der Waals surface area contributed by atoms with Crippen LogP contribution in [-0.4, -0.2) is 19.0 Å². The van der Waals surface area contributed by atoms with Crippen molar-refractivity contribution in [2.45, 2.75) is 38.3 Å². The van der Waals surface area contributed by atoms with E-state index in [1.165, 1.54) is 31.7 Å². The molecule has 2 rings (SSSR count). The molecule has 0 atom stereocenters. The molecule has 0 radical (unpaired) electrons. The second-order valence-corrected chi connectivity index (χ2v) is 5.70. The first-order chi connectivity index (χ1) is 9.19. The van der Waals surface area contributed by atoms with Gasteiger partial charge in [0.25, 0.3) is 0 Å². The van der Waals surface area contributed by atoms with E-state index in [0.29, 0.717) is 18.2 Å². The Morgan fingerprint density at radius 1 is 1.40 bits per heavy atom. The van der Waals surface area contributed by atoms with Crippen LogP contribution in [0.2, 0.25) is 0 Å². The van der Waals surface area contributed by atoms with Gasteiger partial charge in [0.05, 0.1) is 0 Å². The number of hydrogen-bond acceptors (Lipinski definition) is 1. The van der Waals surface area contributed by atoms with Crippen LogP contribution in [0.3, 0.4) is 0 Å². The van der Waals surface area contributed by atoms with E-state index in [2.05, 4.69) is 31.6 Å². The predicted octanol–water partition coefficient (Wildman–Crippen LogP) is 3.81. The Morgan fingerprint density at radius 3 is 2.70 bits per heavy atom. The molecule has 1 saturated carbocycles. The number of halogens is 3. The lowest BCUT2D eigenvalue weighted by Gasteiger charge is -2.17. The topological polar surface area (TPSA) is 36.4 Å². The first-order valence-corrected chi connectivity index (χ1v) is 7.39. The summed E-state index contributed by atoms with van der Waals surface area (Å²) in [5, 5.41) is 6.53. The van der Waals surface area contributed by atoms with Crippen molar-refractivity contribution < 1.29 is 4.39 Å². The van der Waals surface area contributed by atoms with Crippen LogP contribution in [0.25, 0.3) is 0 Å². The average Bonchev–Trinajstić information content (AvgIpc) is 2.89. The maximum atomic E-state index is 13.7. The molecule has 0 amide bonds. The largest absolute Gasteiger partial charge is 0.354 e. The predicted molar refractivity (Wildman–Crippen MR) is 95.1 cm³/mol. The Kier molecular flexibility index (Phi) is 7.79. The second kappa shape index (κ2) is 8.81. The van der Waals surface area contributed by atoms with Crippen molar-refractivity contribution in [2.24, 2.45) is 4.99 Å². The van der Waals surface area contributed by atoms with Gasteiger partial charge in [-0.1, -0.05) is 34.8 Å². The smallest absolute Gasteiger partial charge is 0.191 e. The van der Waals surface area contributed by atoms with Crippen LogP contribution in [0.1, 0.15) is 31.2 Å². The Balaban J connectivity index is 0.00000200. The fraction of sp³-hybridized carbons (Fsp3) is 0.500. The fourth-order valence-electron chi connectivity index (χ4n) is 2.30. The summed E-state index contributed by atoms with van der Waals surface area (Å²) >= 11 is 3.25. The summed E-state index contributed by atoms with van der Waals surface area (Å²) in [6.45, 7) is 0.436. The third-order valence-corrected chi connectivity index (χ3v) is 3.87. The molecule has 0 unspecified atom stereocenters. The van der Waals surface area contributed by atoms with Crippen molar-refractivity contribution in [1.82, 2.24) is 10.6 Å². The summed E-state index contributed by atoms with van der Waals surface area (Å²) in [6, 6.07) is 5.59. The van der Waals surface area contributed by atoms with Crippen molar-refractivity contribution in [3.8, 4) is 0 Å². The zero-order valence-corrected chi connectivity index (χ0v) is 15.4. The van der Waals surface area contributed by atoms with E-state index in [9.17, 15) is 4.39 Å². The van der Waals surface area contributed by atoms with E-state index in [-0.39, 0.29) is 29.8 Å². The van der Waals surface area contributed by atoms with Gasteiger partial charge in [-0.15, -0.1) is 24.0 Å². The maximum absolute atomic E-state index is 13.7. The lowest BCUT2D eigenvalue weighted by atomic mass is 10.2. The molecule has 20 heavy (non-hydrogen) atoms. The van der Waals surface area contributed by atoms with E-state index < -0.39 is 0 Å². The van der Waals surface area contributed by atoms with Gasteiger partial charge in [-0.2, -0.15) is 0 Å². The summed E-state index contributed by atoms with van der Waals surface area (Å²) in [6.07, 6.45) is 4.92. The van der Waals surface area contributed by atoms with E-state index in [0.717, 1.165) is 10.4 Å². The minimum atomic E-state index is -0.210. The zero-order valence-electron chi connectivity index (χ0n) is 11.5. The molecule has 1 aromatic carbocycles. The maximum Gasteiger partial charge on any atom is 0.191 e. The Hall–Kier alpha value is -0.370. The van der Waals surface area contributed by atoms with Gasteiger partial charge in [0.2, 0.25) is 0 Å². The van der Waals surface area contributed by atoms with Crippen molar-refractivity contribution >= 4 is 45.9 Å². The van der Waals surface area contributed by atoms with Crippen LogP contribution in [-0.2, 0) is 6.54 Å². The molecule has 1 aromatic rings. The molecule has 112 valence electrons. The molecule has 0 aliphatic heterocycles. The van der Waals surface area contributed by atoms with Gasteiger partial charge in [0, 0.05) is 29.7 Å². The highest BCUT2D eigenvalue weighted by atomic mass is 127. The van der Waals surface area contributed by atoms with Crippen molar-refractivity contribution in [3.05, 3.63) is 34.1 Å². The van der Waals surface area contributed by atoms with Crippen LogP contribution in [0.4, 0.5) is 4.39 Å². The van der Waals surface area contributed by atoms with Crippen LogP contribution >= 0.6 is 39.9 Å². The molecule has 0 heterocycles. The monoisotopic (exact) mass is 455 g/mol. The summed E-state index contributed by atoms with van der Waals surface area (Å²) in [4.78, 5) is 4.18. The molecule has 1 aliphatic carbocycles. The number of nitrogens with one attached hydrogen (secondary N) is 2. The number of hydrogen-bond donors (Lipinski definition) is 2. The number of benzene rings is 1. The summed E-state index contributed by atoms with van der Waals surface area (Å²) < 4.78 is 14.4. The molecule has 3 nitrogen and oxygen atoms in total. The normalized spacial score (nSPS) is 15.8. The highest BCUT2D eigenvalue weighted by Gasteiger charge is 2.15. The standard InChI is InChI=1S/C14H19BrFN3.HI/c1-17-14(19-12-4-2-3-5-12)18-9-10-6-7-11(15)8-13(10)16;/h6-8,12H,2-5,9H2,1H3,(H2,17,18,19);1H.